The molecule has 0 spiro atoms. The summed E-state index contributed by atoms with van der Waals surface area (Å²) in [7, 11) is 0. The molecule has 0 radical (unpaired) electrons. The Kier molecular flexibility index (Phi) is 6.47. The predicted molar refractivity (Wildman–Crippen MR) is 126 cm³/mol. The van der Waals surface area contributed by atoms with E-state index in [9.17, 15) is 29.6 Å². The lowest BCUT2D eigenvalue weighted by Crippen LogP contribution is -2.54. The van der Waals surface area contributed by atoms with Gasteiger partial charge in [0, 0.05) is 11.1 Å². The number of phenols is 1. The molecular formula is C24H16ClN3O7. The minimum Gasteiger partial charge on any atom is -0.502 e. The van der Waals surface area contributed by atoms with E-state index in [0.29, 0.717) is 10.8 Å². The van der Waals surface area contributed by atoms with Crippen molar-refractivity contribution in [3.05, 3.63) is 98.6 Å². The third-order valence-electron chi connectivity index (χ3n) is 5.02. The number of ether oxygens (including phenoxy) is 1. The number of anilines is 1. The van der Waals surface area contributed by atoms with Crippen LogP contribution in [0.5, 0.6) is 11.5 Å². The molecule has 2 N–H and O–H groups in total. The van der Waals surface area contributed by atoms with Crippen LogP contribution in [0, 0.1) is 10.1 Å². The molecule has 35 heavy (non-hydrogen) atoms. The Balaban J connectivity index is 1.55. The van der Waals surface area contributed by atoms with E-state index in [1.165, 1.54) is 18.2 Å². The number of hydrogen-bond donors (Lipinski definition) is 2. The maximum Gasteiger partial charge on any atom is 0.335 e. The van der Waals surface area contributed by atoms with Gasteiger partial charge in [0.15, 0.2) is 5.75 Å². The fraction of sp³-hybridized carbons (Fsp3) is 0.0417. The number of carbonyl (C=O) groups is 3. The number of carbonyl (C=O) groups excluding carboxylic acids is 3. The average Bonchev–Trinajstić information content (AvgIpc) is 2.83. The first-order valence-corrected chi connectivity index (χ1v) is 10.5. The van der Waals surface area contributed by atoms with Gasteiger partial charge in [-0.25, -0.2) is 9.69 Å². The van der Waals surface area contributed by atoms with E-state index >= 15 is 0 Å². The van der Waals surface area contributed by atoms with Gasteiger partial charge in [-0.2, -0.15) is 0 Å². The molecule has 1 fully saturated rings. The summed E-state index contributed by atoms with van der Waals surface area (Å²) in [6, 6.07) is 15.6. The van der Waals surface area contributed by atoms with Gasteiger partial charge in [-0.1, -0.05) is 29.8 Å². The molecule has 0 bridgehead atoms. The van der Waals surface area contributed by atoms with Gasteiger partial charge >= 0.3 is 11.7 Å². The molecule has 1 saturated heterocycles. The van der Waals surface area contributed by atoms with E-state index in [1.54, 1.807) is 24.3 Å². The van der Waals surface area contributed by atoms with Crippen LogP contribution in [0.1, 0.15) is 11.1 Å². The third-order valence-corrected chi connectivity index (χ3v) is 5.27. The number of imide groups is 2. The smallest absolute Gasteiger partial charge is 0.335 e. The summed E-state index contributed by atoms with van der Waals surface area (Å²) >= 11 is 5.87. The number of hydrogen-bond acceptors (Lipinski definition) is 7. The summed E-state index contributed by atoms with van der Waals surface area (Å²) in [4.78, 5) is 48.8. The summed E-state index contributed by atoms with van der Waals surface area (Å²) < 4.78 is 5.70. The van der Waals surface area contributed by atoms with E-state index < -0.39 is 39.8 Å². The molecule has 11 heteroatoms. The second kappa shape index (κ2) is 9.65. The number of amides is 4. The number of benzene rings is 3. The van der Waals surface area contributed by atoms with Gasteiger partial charge in [-0.15, -0.1) is 0 Å². The number of aromatic hydroxyl groups is 1. The number of nitro benzene ring substituents is 1. The lowest BCUT2D eigenvalue weighted by molar-refractivity contribution is -0.385. The van der Waals surface area contributed by atoms with Gasteiger partial charge in [0.05, 0.1) is 10.6 Å². The molecule has 3 aromatic carbocycles. The van der Waals surface area contributed by atoms with Crippen molar-refractivity contribution in [2.45, 2.75) is 6.61 Å². The fourth-order valence-electron chi connectivity index (χ4n) is 3.27. The molecule has 176 valence electrons. The van der Waals surface area contributed by atoms with Gasteiger partial charge in [-0.05, 0) is 59.7 Å². The molecule has 0 saturated carbocycles. The van der Waals surface area contributed by atoms with Gasteiger partial charge < -0.3 is 9.84 Å². The molecule has 0 aliphatic carbocycles. The molecule has 0 aromatic heterocycles. The number of nitrogens with one attached hydrogen (secondary N) is 1. The Morgan fingerprint density at radius 3 is 2.37 bits per heavy atom. The Morgan fingerprint density at radius 1 is 1.03 bits per heavy atom. The van der Waals surface area contributed by atoms with Gasteiger partial charge in [0.2, 0.25) is 0 Å². The summed E-state index contributed by atoms with van der Waals surface area (Å²) in [6.07, 6.45) is 1.10. The molecule has 10 nitrogen and oxygen atoms in total. The number of urea groups is 1. The van der Waals surface area contributed by atoms with Crippen molar-refractivity contribution in [1.82, 2.24) is 5.32 Å². The van der Waals surface area contributed by atoms with E-state index in [-0.39, 0.29) is 17.9 Å². The highest BCUT2D eigenvalue weighted by Gasteiger charge is 2.37. The maximum atomic E-state index is 13.0. The minimum absolute atomic E-state index is 0.119. The zero-order chi connectivity index (χ0) is 25.1. The first kappa shape index (κ1) is 23.5. The molecule has 1 aliphatic heterocycles. The number of nitro groups is 1. The zero-order valence-electron chi connectivity index (χ0n) is 17.8. The topological polar surface area (TPSA) is 139 Å². The monoisotopic (exact) mass is 493 g/mol. The molecule has 4 amide bonds. The van der Waals surface area contributed by atoms with Crippen LogP contribution in [-0.4, -0.2) is 27.9 Å². The van der Waals surface area contributed by atoms with Crippen LogP contribution in [-0.2, 0) is 16.2 Å². The number of nitrogens with zero attached hydrogens (tertiary/aromatic N) is 2. The molecule has 1 heterocycles. The van der Waals surface area contributed by atoms with E-state index in [0.717, 1.165) is 28.7 Å². The van der Waals surface area contributed by atoms with Crippen molar-refractivity contribution in [2.75, 3.05) is 4.90 Å². The van der Waals surface area contributed by atoms with Crippen LogP contribution in [0.2, 0.25) is 5.02 Å². The van der Waals surface area contributed by atoms with Gasteiger partial charge in [0.25, 0.3) is 11.8 Å². The molecule has 0 atom stereocenters. The first-order valence-electron chi connectivity index (χ1n) is 10.1. The van der Waals surface area contributed by atoms with Crippen molar-refractivity contribution in [2.24, 2.45) is 0 Å². The molecule has 0 unspecified atom stereocenters. The van der Waals surface area contributed by atoms with Crippen molar-refractivity contribution < 1.29 is 29.2 Å². The van der Waals surface area contributed by atoms with E-state index in [4.69, 9.17) is 16.3 Å². The van der Waals surface area contributed by atoms with Crippen LogP contribution in [0.4, 0.5) is 16.2 Å². The van der Waals surface area contributed by atoms with Crippen molar-refractivity contribution >= 4 is 46.9 Å². The Hall–Kier alpha value is -4.70. The SMILES string of the molecule is O=C1NC(=O)N(c2ccc(OCc3ccc(Cl)cc3)cc2)C(=O)/C1=C/c1ccc(O)c([N+](=O)[O-])c1. The summed E-state index contributed by atoms with van der Waals surface area (Å²) in [5.41, 5.74) is 0.194. The highest BCUT2D eigenvalue weighted by molar-refractivity contribution is 6.39. The largest absolute Gasteiger partial charge is 0.502 e. The minimum atomic E-state index is -0.949. The van der Waals surface area contributed by atoms with Crippen LogP contribution in [0.25, 0.3) is 6.08 Å². The van der Waals surface area contributed by atoms with Crippen molar-refractivity contribution in [1.29, 1.82) is 0 Å². The highest BCUT2D eigenvalue weighted by Crippen LogP contribution is 2.29. The van der Waals surface area contributed by atoms with E-state index in [2.05, 4.69) is 5.32 Å². The molecular weight excluding hydrogens is 478 g/mol. The van der Waals surface area contributed by atoms with Gasteiger partial charge in [-0.3, -0.25) is 25.0 Å². The Bertz CT molecular complexity index is 1370. The quantitative estimate of drug-likeness (QED) is 0.227. The summed E-state index contributed by atoms with van der Waals surface area (Å²) in [5.74, 6) is -1.94. The van der Waals surface area contributed by atoms with Crippen LogP contribution < -0.4 is 15.0 Å². The number of rotatable bonds is 6. The standard InChI is InChI=1S/C24H16ClN3O7/c25-16-4-1-14(2-5-16)13-35-18-8-6-17(7-9-18)27-23(31)19(22(30)26-24(27)32)11-15-3-10-21(29)20(12-15)28(33)34/h1-12,29H,13H2,(H,26,30,32)/b19-11+. The Morgan fingerprint density at radius 2 is 1.71 bits per heavy atom. The fourth-order valence-corrected chi connectivity index (χ4v) is 3.40. The van der Waals surface area contributed by atoms with E-state index in [1.807, 2.05) is 12.1 Å². The first-order chi connectivity index (χ1) is 16.7. The van der Waals surface area contributed by atoms with Crippen LogP contribution in [0.15, 0.2) is 72.3 Å². The summed E-state index contributed by atoms with van der Waals surface area (Å²) in [5, 5.41) is 23.3. The molecule has 1 aliphatic rings. The lowest BCUT2D eigenvalue weighted by Gasteiger charge is -2.26. The van der Waals surface area contributed by atoms with Crippen LogP contribution >= 0.6 is 11.6 Å². The number of halogens is 1. The predicted octanol–water partition coefficient (Wildman–Crippen LogP) is 4.20. The summed E-state index contributed by atoms with van der Waals surface area (Å²) in [6.45, 7) is 0.278. The number of phenolic OH excluding ortho intramolecular Hbond substituents is 1. The third kappa shape index (κ3) is 5.12. The normalized spacial score (nSPS) is 14.7. The molecule has 3 aromatic rings. The molecule has 4 rings (SSSR count). The van der Waals surface area contributed by atoms with Crippen molar-refractivity contribution in [3.8, 4) is 11.5 Å². The highest BCUT2D eigenvalue weighted by atomic mass is 35.5. The Labute approximate surface area is 203 Å². The van der Waals surface area contributed by atoms with Crippen LogP contribution in [0.3, 0.4) is 0 Å². The van der Waals surface area contributed by atoms with Gasteiger partial charge in [0.1, 0.15) is 17.9 Å². The second-order valence-electron chi connectivity index (χ2n) is 7.37. The maximum absolute atomic E-state index is 13.0. The second-order valence-corrected chi connectivity index (χ2v) is 7.81. The van der Waals surface area contributed by atoms with Crippen molar-refractivity contribution in [3.63, 3.8) is 0 Å². The lowest BCUT2D eigenvalue weighted by atomic mass is 10.1. The zero-order valence-corrected chi connectivity index (χ0v) is 18.6. The average molecular weight is 494 g/mol. The number of barbiturate groups is 1.